The van der Waals surface area contributed by atoms with Crippen LogP contribution in [0.15, 0.2) is 15.4 Å². The summed E-state index contributed by atoms with van der Waals surface area (Å²) in [4.78, 5) is 28.7. The number of nitrogens with one attached hydrogen (secondary N) is 1. The Hall–Kier alpha value is -2.21. The summed E-state index contributed by atoms with van der Waals surface area (Å²) in [6.07, 6.45) is -4.82. The van der Waals surface area contributed by atoms with Crippen molar-refractivity contribution in [3.63, 3.8) is 0 Å². The van der Waals surface area contributed by atoms with E-state index < -0.39 is 59.8 Å². The molecule has 0 amide bonds. The highest BCUT2D eigenvalue weighted by Gasteiger charge is 2.47. The molecule has 0 bridgehead atoms. The molecule has 4 rings (SSSR count). The van der Waals surface area contributed by atoms with Gasteiger partial charge in [0.2, 0.25) is 12.9 Å². The molecule has 5 N–H and O–H groups in total. The van der Waals surface area contributed by atoms with Crippen molar-refractivity contribution in [1.29, 1.82) is 0 Å². The summed E-state index contributed by atoms with van der Waals surface area (Å²) in [5, 5.41) is 0. The van der Waals surface area contributed by atoms with Gasteiger partial charge in [-0.3, -0.25) is 19.2 Å². The molecule has 2 heterocycles. The van der Waals surface area contributed by atoms with Crippen molar-refractivity contribution < 1.29 is 22.0 Å². The fourth-order valence-corrected chi connectivity index (χ4v) is 5.24. The zero-order valence-corrected chi connectivity index (χ0v) is 17.4. The summed E-state index contributed by atoms with van der Waals surface area (Å²) < 4.78 is 69.4. The van der Waals surface area contributed by atoms with Gasteiger partial charge in [0.25, 0.3) is 5.56 Å². The van der Waals surface area contributed by atoms with E-state index in [0.717, 1.165) is 12.8 Å². The Morgan fingerprint density at radius 1 is 1.09 bits per heavy atom. The topological polar surface area (TPSA) is 110 Å². The number of alkyl halides is 4. The first-order valence-electron chi connectivity index (χ1n) is 10.6. The van der Waals surface area contributed by atoms with Crippen LogP contribution in [0.4, 0.5) is 22.0 Å². The van der Waals surface area contributed by atoms with E-state index in [0.29, 0.717) is 5.69 Å². The Morgan fingerprint density at radius 3 is 2.28 bits per heavy atom. The van der Waals surface area contributed by atoms with Crippen LogP contribution in [0.3, 0.4) is 0 Å². The number of rotatable bonds is 6. The van der Waals surface area contributed by atoms with Gasteiger partial charge in [0.05, 0.1) is 23.2 Å². The molecule has 0 aromatic carbocycles. The maximum Gasteiger partial charge on any atom is 0.328 e. The number of nitrogens with two attached hydrogens (primary N) is 2. The second kappa shape index (κ2) is 8.29. The predicted octanol–water partition coefficient (Wildman–Crippen LogP) is 1.75. The molecule has 1 aromatic rings. The summed E-state index contributed by atoms with van der Waals surface area (Å²) in [7, 11) is 0. The molecule has 0 spiro atoms. The second-order valence-electron chi connectivity index (χ2n) is 8.98. The average molecular weight is 463 g/mol. The molecule has 12 heteroatoms. The number of aromatic amines is 1. The number of H-pyrrole nitrogens is 1. The lowest BCUT2D eigenvalue weighted by molar-refractivity contribution is -0.0473. The van der Waals surface area contributed by atoms with E-state index in [1.54, 1.807) is 11.8 Å². The highest BCUT2D eigenvalue weighted by Crippen LogP contribution is 2.44. The Kier molecular flexibility index (Phi) is 5.95. The number of nitrogens with zero attached hydrogens (tertiary/aromatic N) is 2. The summed E-state index contributed by atoms with van der Waals surface area (Å²) >= 11 is 0. The van der Waals surface area contributed by atoms with Crippen LogP contribution < -0.4 is 22.7 Å². The number of hydrogen-bond acceptors (Lipinski definition) is 5. The molecule has 4 atom stereocenters. The van der Waals surface area contributed by atoms with Gasteiger partial charge in [-0.05, 0) is 31.7 Å². The molecule has 1 saturated carbocycles. The van der Waals surface area contributed by atoms with E-state index in [-0.39, 0.29) is 36.8 Å². The summed E-state index contributed by atoms with van der Waals surface area (Å²) in [6.45, 7) is 1.93. The standard InChI is InChI=1S/C20H26F5N5O2/c1-7-15-10(19(31)28-20(32)30(15)9-2-3-9)14(27)12(21)16(7)29-5-4-8(6-29)13(26)11(17(22)23)18(24)25/h7-9,11,13,16-18H,2-6,26-27H2,1H3,(H,28,31,32). The molecule has 1 aliphatic heterocycles. The van der Waals surface area contributed by atoms with Crippen molar-refractivity contribution in [2.24, 2.45) is 23.3 Å². The highest BCUT2D eigenvalue weighted by molar-refractivity contribution is 5.70. The van der Waals surface area contributed by atoms with E-state index in [9.17, 15) is 27.2 Å². The maximum absolute atomic E-state index is 15.4. The Morgan fingerprint density at radius 2 is 1.72 bits per heavy atom. The van der Waals surface area contributed by atoms with E-state index in [1.165, 1.54) is 4.57 Å². The smallest absolute Gasteiger partial charge is 0.328 e. The highest BCUT2D eigenvalue weighted by atomic mass is 19.3. The van der Waals surface area contributed by atoms with E-state index in [1.807, 2.05) is 0 Å². The van der Waals surface area contributed by atoms with E-state index in [2.05, 4.69) is 4.98 Å². The van der Waals surface area contributed by atoms with Crippen LogP contribution in [0.2, 0.25) is 0 Å². The zero-order valence-electron chi connectivity index (χ0n) is 17.4. The number of aromatic nitrogens is 2. The molecule has 32 heavy (non-hydrogen) atoms. The van der Waals surface area contributed by atoms with Gasteiger partial charge in [-0.25, -0.2) is 26.7 Å². The van der Waals surface area contributed by atoms with Gasteiger partial charge >= 0.3 is 5.69 Å². The minimum absolute atomic E-state index is 0.0268. The summed E-state index contributed by atoms with van der Waals surface area (Å²) in [6, 6.07) is -2.52. The van der Waals surface area contributed by atoms with Gasteiger partial charge in [0.15, 0.2) is 0 Å². The van der Waals surface area contributed by atoms with Gasteiger partial charge in [-0.1, -0.05) is 6.92 Å². The monoisotopic (exact) mass is 463 g/mol. The summed E-state index contributed by atoms with van der Waals surface area (Å²) in [5.74, 6) is -4.36. The number of hydrogen-bond donors (Lipinski definition) is 3. The summed E-state index contributed by atoms with van der Waals surface area (Å²) in [5.41, 5.74) is 10.3. The first-order chi connectivity index (χ1) is 15.0. The van der Waals surface area contributed by atoms with Crippen molar-refractivity contribution in [3.05, 3.63) is 37.9 Å². The number of likely N-dealkylation sites (tertiary alicyclic amines) is 1. The van der Waals surface area contributed by atoms with Crippen LogP contribution in [-0.4, -0.2) is 52.5 Å². The van der Waals surface area contributed by atoms with Gasteiger partial charge in [0.1, 0.15) is 5.83 Å². The maximum atomic E-state index is 15.4. The molecule has 7 nitrogen and oxygen atoms in total. The van der Waals surface area contributed by atoms with Gasteiger partial charge < -0.3 is 11.5 Å². The Bertz CT molecular complexity index is 1030. The van der Waals surface area contributed by atoms with E-state index >= 15 is 4.39 Å². The molecule has 2 aliphatic carbocycles. The van der Waals surface area contributed by atoms with Crippen LogP contribution in [0.5, 0.6) is 0 Å². The first kappa shape index (κ1) is 23.0. The Balaban J connectivity index is 1.67. The molecular weight excluding hydrogens is 437 g/mol. The van der Waals surface area contributed by atoms with Crippen molar-refractivity contribution >= 4 is 5.70 Å². The van der Waals surface area contributed by atoms with E-state index in [4.69, 9.17) is 11.5 Å². The predicted molar refractivity (Wildman–Crippen MR) is 107 cm³/mol. The lowest BCUT2D eigenvalue weighted by Gasteiger charge is -2.37. The SMILES string of the molecule is CC1c2c(c(=O)[nH]c(=O)n2C2CC2)C(N)=C(F)C1N1CCC(C(N)C(C(F)F)C(F)F)C1. The van der Waals surface area contributed by atoms with Gasteiger partial charge in [0, 0.05) is 30.2 Å². The minimum Gasteiger partial charge on any atom is -0.396 e. The van der Waals surface area contributed by atoms with Crippen LogP contribution in [0.1, 0.15) is 49.4 Å². The first-order valence-corrected chi connectivity index (χ1v) is 10.6. The molecule has 178 valence electrons. The number of fused-ring (bicyclic) bond motifs is 1. The van der Waals surface area contributed by atoms with Crippen molar-refractivity contribution in [3.8, 4) is 0 Å². The molecular formula is C20H26F5N5O2. The number of halogens is 5. The van der Waals surface area contributed by atoms with Crippen molar-refractivity contribution in [1.82, 2.24) is 14.5 Å². The molecule has 1 aromatic heterocycles. The Labute approximate surface area is 180 Å². The largest absolute Gasteiger partial charge is 0.396 e. The van der Waals surface area contributed by atoms with Crippen LogP contribution >= 0.6 is 0 Å². The second-order valence-corrected chi connectivity index (χ2v) is 8.98. The normalized spacial score (nSPS) is 27.6. The minimum atomic E-state index is -3.27. The molecule has 4 unspecified atom stereocenters. The van der Waals surface area contributed by atoms with Gasteiger partial charge in [-0.2, -0.15) is 0 Å². The quantitative estimate of drug-likeness (QED) is 0.557. The zero-order chi connectivity index (χ0) is 23.5. The third kappa shape index (κ3) is 3.66. The van der Waals surface area contributed by atoms with Crippen LogP contribution in [0.25, 0.3) is 5.70 Å². The lowest BCUT2D eigenvalue weighted by atomic mass is 9.85. The lowest BCUT2D eigenvalue weighted by Crippen LogP contribution is -2.48. The fraction of sp³-hybridized carbons (Fsp3) is 0.700. The van der Waals surface area contributed by atoms with Gasteiger partial charge in [-0.15, -0.1) is 0 Å². The van der Waals surface area contributed by atoms with Crippen LogP contribution in [-0.2, 0) is 0 Å². The fourth-order valence-electron chi connectivity index (χ4n) is 5.24. The van der Waals surface area contributed by atoms with Crippen LogP contribution in [0, 0.1) is 11.8 Å². The van der Waals surface area contributed by atoms with Crippen molar-refractivity contribution in [2.75, 3.05) is 13.1 Å². The molecule has 1 saturated heterocycles. The molecule has 3 aliphatic rings. The van der Waals surface area contributed by atoms with Crippen molar-refractivity contribution in [2.45, 2.75) is 63.1 Å². The third-order valence-corrected chi connectivity index (χ3v) is 7.01. The molecule has 0 radical (unpaired) electrons. The average Bonchev–Trinajstić information content (AvgIpc) is 3.41. The third-order valence-electron chi connectivity index (χ3n) is 7.01. The molecule has 2 fully saturated rings.